The first-order valence-electron chi connectivity index (χ1n) is 2.68. The first kappa shape index (κ1) is 7.51. The Hall–Kier alpha value is 0.866. The van der Waals surface area contributed by atoms with E-state index < -0.39 is 13.0 Å². The molecule has 0 aromatic rings. The molecule has 0 unspecified atom stereocenters. The Labute approximate surface area is 76.1 Å². The van der Waals surface area contributed by atoms with Crippen molar-refractivity contribution in [2.45, 2.75) is 0 Å². The van der Waals surface area contributed by atoms with Gasteiger partial charge in [0.2, 0.25) is 0 Å². The third-order valence-electron chi connectivity index (χ3n) is 1.04. The van der Waals surface area contributed by atoms with E-state index in [-0.39, 0.29) is 14.1 Å². The van der Waals surface area contributed by atoms with Crippen LogP contribution in [0, 0.1) is 0 Å². The second kappa shape index (κ2) is 3.51. The Morgan fingerprint density at radius 2 is 2.60 bits per heavy atom. The second-order valence-corrected chi connectivity index (χ2v) is 12.3. The zero-order valence-electron chi connectivity index (χ0n) is 4.94. The van der Waals surface area contributed by atoms with Crippen LogP contribution in [0.2, 0.25) is 0 Å². The van der Waals surface area contributed by atoms with E-state index >= 15 is 0 Å². The van der Waals surface area contributed by atoms with Crippen LogP contribution in [0.3, 0.4) is 0 Å². The molecule has 0 atom stereocenters. The molecule has 0 saturated heterocycles. The fourth-order valence-electron chi connectivity index (χ4n) is 0.632. The van der Waals surface area contributed by atoms with Crippen molar-refractivity contribution in [3.05, 3.63) is 21.5 Å². The molecule has 0 aliphatic carbocycles. The molecule has 0 aromatic carbocycles. The van der Waals surface area contributed by atoms with Gasteiger partial charge in [0, 0.05) is 0 Å². The summed E-state index contributed by atoms with van der Waals surface area (Å²) in [6.45, 7) is 0. The molecule has 2 nitrogen and oxygen atoms in total. The van der Waals surface area contributed by atoms with Crippen LogP contribution < -0.4 is 0 Å². The molecule has 2 aliphatic heterocycles. The van der Waals surface area contributed by atoms with Crippen LogP contribution in [0.5, 0.6) is 0 Å². The summed E-state index contributed by atoms with van der Waals surface area (Å²) in [5.41, 5.74) is 0. The maximum atomic E-state index is 4.49. The molecule has 0 saturated carbocycles. The third kappa shape index (κ3) is 1.54. The Kier molecular flexibility index (Phi) is 2.64. The Morgan fingerprint density at radius 3 is 3.20 bits per heavy atom. The molecule has 10 heavy (non-hydrogen) atoms. The first-order chi connectivity index (χ1) is 4.97. The molecule has 0 bridgehead atoms. The zero-order valence-corrected chi connectivity index (χ0v) is 10.8. The number of hydrogen-bond donors (Lipinski definition) is 0. The standard InChI is InChI=1S/C4H3Ge2N2S2/c1-2-10-6(7-1)4-3-9-5-8-4/h1-3H. The average molecular weight is 288 g/mol. The maximum absolute atomic E-state index is 4.49. The normalized spacial score (nSPS) is 21.6. The summed E-state index contributed by atoms with van der Waals surface area (Å²) in [5.74, 6) is 0. The molecule has 0 spiro atoms. The van der Waals surface area contributed by atoms with Crippen LogP contribution in [-0.2, 0) is 0 Å². The Balaban J connectivity index is 2.20. The molecule has 0 aromatic heterocycles. The monoisotopic (exact) mass is 291 g/mol. The molecule has 0 amide bonds. The summed E-state index contributed by atoms with van der Waals surface area (Å²) in [6.07, 6.45) is 1.93. The fraction of sp³-hybridized carbons (Fsp3) is 0. The van der Waals surface area contributed by atoms with Crippen molar-refractivity contribution in [1.82, 2.24) is 0 Å². The van der Waals surface area contributed by atoms with Gasteiger partial charge in [-0.1, -0.05) is 0 Å². The topological polar surface area (TPSA) is 24.7 Å². The van der Waals surface area contributed by atoms with Gasteiger partial charge < -0.3 is 0 Å². The molecule has 0 N–H and O–H groups in total. The number of hydrogen-bond acceptors (Lipinski definition) is 4. The summed E-state index contributed by atoms with van der Waals surface area (Å²) >= 11 is -1.30. The van der Waals surface area contributed by atoms with E-state index in [9.17, 15) is 0 Å². The van der Waals surface area contributed by atoms with Crippen LogP contribution in [0.25, 0.3) is 0 Å². The van der Waals surface area contributed by atoms with Crippen molar-refractivity contribution in [3.8, 4) is 0 Å². The molecule has 2 heterocycles. The van der Waals surface area contributed by atoms with Crippen molar-refractivity contribution in [2.75, 3.05) is 0 Å². The summed E-state index contributed by atoms with van der Waals surface area (Å²) in [6, 6.07) is 0. The number of rotatable bonds is 1. The van der Waals surface area contributed by atoms with Gasteiger partial charge in [0.25, 0.3) is 0 Å². The van der Waals surface area contributed by atoms with Crippen LogP contribution in [0.15, 0.2) is 29.3 Å². The SMILES string of the molecule is C1=C[S][Ge]([C]2=C[S][Ge]=[N]2)=[N]1. The van der Waals surface area contributed by atoms with Gasteiger partial charge in [0.15, 0.2) is 0 Å². The van der Waals surface area contributed by atoms with Crippen LogP contribution >= 0.6 is 20.2 Å². The Bertz CT molecular complexity index is 268. The molecule has 2 aliphatic rings. The molecular formula is C4H3Ge2N2S2. The zero-order chi connectivity index (χ0) is 6.81. The van der Waals surface area contributed by atoms with Gasteiger partial charge in [-0.2, -0.15) is 0 Å². The van der Waals surface area contributed by atoms with Gasteiger partial charge in [0.05, 0.1) is 0 Å². The summed E-state index contributed by atoms with van der Waals surface area (Å²) < 4.78 is 10.2. The average Bonchev–Trinajstić information content (AvgIpc) is 2.59. The van der Waals surface area contributed by atoms with E-state index in [1.165, 1.54) is 4.53 Å². The second-order valence-electron chi connectivity index (χ2n) is 1.66. The summed E-state index contributed by atoms with van der Waals surface area (Å²) in [5, 5.41) is 4.31. The van der Waals surface area contributed by atoms with Crippen molar-refractivity contribution < 1.29 is 0 Å². The fourth-order valence-corrected chi connectivity index (χ4v) is 14.7. The molecular weight excluding hydrogens is 285 g/mol. The molecule has 2 rings (SSSR count). The van der Waals surface area contributed by atoms with Crippen molar-refractivity contribution in [2.24, 2.45) is 7.80 Å². The van der Waals surface area contributed by atoms with Gasteiger partial charge in [-0.05, 0) is 0 Å². The molecule has 1 radical (unpaired) electrons. The molecule has 0 fully saturated rings. The first-order valence-corrected chi connectivity index (χ1v) is 12.5. The van der Waals surface area contributed by atoms with Crippen molar-refractivity contribution in [3.63, 3.8) is 0 Å². The number of nitrogens with zero attached hydrogens (tertiary/aromatic N) is 2. The summed E-state index contributed by atoms with van der Waals surface area (Å²) in [4.78, 5) is 0. The molecule has 49 valence electrons. The van der Waals surface area contributed by atoms with Crippen molar-refractivity contribution >= 4 is 47.3 Å². The third-order valence-corrected chi connectivity index (χ3v) is 12.1. The van der Waals surface area contributed by atoms with Crippen molar-refractivity contribution in [1.29, 1.82) is 0 Å². The van der Waals surface area contributed by atoms with Crippen LogP contribution in [0.4, 0.5) is 0 Å². The van der Waals surface area contributed by atoms with E-state index in [0.29, 0.717) is 0 Å². The predicted octanol–water partition coefficient (Wildman–Crippen LogP) is 1.89. The van der Waals surface area contributed by atoms with Crippen LogP contribution in [-0.4, -0.2) is 27.1 Å². The van der Waals surface area contributed by atoms with Crippen LogP contribution in [0.1, 0.15) is 0 Å². The van der Waals surface area contributed by atoms with Gasteiger partial charge >= 0.3 is 76.6 Å². The molecule has 6 heteroatoms. The van der Waals surface area contributed by atoms with Gasteiger partial charge in [-0.3, -0.25) is 0 Å². The predicted molar refractivity (Wildman–Crippen MR) is 48.8 cm³/mol. The Morgan fingerprint density at radius 1 is 1.60 bits per heavy atom. The van der Waals surface area contributed by atoms with E-state index in [2.05, 4.69) is 18.6 Å². The van der Waals surface area contributed by atoms with Gasteiger partial charge in [-0.15, -0.1) is 0 Å². The minimum atomic E-state index is -1.26. The van der Waals surface area contributed by atoms with Gasteiger partial charge in [-0.25, -0.2) is 0 Å². The van der Waals surface area contributed by atoms with Gasteiger partial charge in [0.1, 0.15) is 0 Å². The van der Waals surface area contributed by atoms with E-state index in [0.717, 1.165) is 0 Å². The minimum absolute atomic E-state index is 0.0416. The quantitative estimate of drug-likeness (QED) is 0.688. The van der Waals surface area contributed by atoms with E-state index in [1.807, 2.05) is 26.4 Å². The summed E-state index contributed by atoms with van der Waals surface area (Å²) in [7, 11) is 3.81. The van der Waals surface area contributed by atoms with E-state index in [4.69, 9.17) is 0 Å². The van der Waals surface area contributed by atoms with E-state index in [1.54, 1.807) is 0 Å².